The Morgan fingerprint density at radius 3 is 2.46 bits per heavy atom. The number of amidine groups is 1. The summed E-state index contributed by atoms with van der Waals surface area (Å²) in [5.74, 6) is -3.45. The average Bonchev–Trinajstić information content (AvgIpc) is 3.80. The van der Waals surface area contributed by atoms with Crippen molar-refractivity contribution in [3.05, 3.63) is 73.6 Å². The fourth-order valence-corrected chi connectivity index (χ4v) is 9.49. The molecule has 4 aliphatic rings. The molecule has 1 aliphatic carbocycles. The number of aromatic carboxylic acids is 1. The molecule has 3 aromatic rings. The number of carboxylic acid groups (broad SMARTS) is 2. The Kier molecular flexibility index (Phi) is 10.7. The maximum Gasteiger partial charge on any atom is 1.00 e. The zero-order valence-corrected chi connectivity index (χ0v) is 31.3. The molecule has 50 heavy (non-hydrogen) atoms. The van der Waals surface area contributed by atoms with Crippen LogP contribution in [0.15, 0.2) is 51.9 Å². The van der Waals surface area contributed by atoms with Crippen LogP contribution in [-0.2, 0) is 20.8 Å². The maximum absolute atomic E-state index is 15.4. The molecule has 256 valence electrons. The molecule has 2 aromatic heterocycles. The van der Waals surface area contributed by atoms with E-state index >= 15 is 4.39 Å². The number of amides is 2. The van der Waals surface area contributed by atoms with Gasteiger partial charge in [-0.05, 0) is 42.0 Å². The molecule has 13 nitrogen and oxygen atoms in total. The van der Waals surface area contributed by atoms with Crippen LogP contribution in [0.1, 0.15) is 34.1 Å². The summed E-state index contributed by atoms with van der Waals surface area (Å²) < 4.78 is 17.2. The topological polar surface area (TPSA) is 176 Å². The van der Waals surface area contributed by atoms with Crippen molar-refractivity contribution >= 4 is 80.4 Å². The van der Waals surface area contributed by atoms with Crippen LogP contribution < -0.4 is 45.2 Å². The van der Waals surface area contributed by atoms with Gasteiger partial charge in [0.15, 0.2) is 5.17 Å². The number of thioether (sulfide) groups is 2. The Balaban J connectivity index is 0.00000432. The number of piperazine rings is 1. The molecule has 2 unspecified atom stereocenters. The minimum atomic E-state index is -1.35. The fourth-order valence-electron chi connectivity index (χ4n) is 6.40. The minimum absolute atomic E-state index is 0. The van der Waals surface area contributed by atoms with Crippen molar-refractivity contribution in [1.82, 2.24) is 19.7 Å². The number of carbonyl (C=O) groups excluding carboxylic acids is 2. The molecule has 4 N–H and O–H groups in total. The predicted molar refractivity (Wildman–Crippen MR) is 185 cm³/mol. The van der Waals surface area contributed by atoms with Gasteiger partial charge < -0.3 is 29.9 Å². The third kappa shape index (κ3) is 6.95. The van der Waals surface area contributed by atoms with E-state index in [1.54, 1.807) is 10.6 Å². The average molecular weight is 750 g/mol. The molecule has 18 heteroatoms. The smallest absolute Gasteiger partial charge is 0.477 e. The van der Waals surface area contributed by atoms with Crippen molar-refractivity contribution in [2.75, 3.05) is 42.6 Å². The molecule has 0 radical (unpaired) electrons. The van der Waals surface area contributed by atoms with Crippen molar-refractivity contribution in [2.24, 2.45) is 0 Å². The Labute approximate surface area is 319 Å². The number of anilines is 1. The summed E-state index contributed by atoms with van der Waals surface area (Å²) in [4.78, 5) is 68.1. The maximum atomic E-state index is 15.4. The number of aromatic nitrogens is 1. The minimum Gasteiger partial charge on any atom is -0.477 e. The summed E-state index contributed by atoms with van der Waals surface area (Å²) in [7, 11) is 0. The molecule has 2 amide bonds. The second-order valence-corrected chi connectivity index (χ2v) is 15.3. The number of β-lactam (4-membered cyclic amide) rings is 1. The number of benzene rings is 1. The number of hydrogen-bond acceptors (Lipinski definition) is 10. The number of pyridine rings is 1. The van der Waals surface area contributed by atoms with Gasteiger partial charge in [0.25, 0.3) is 5.91 Å². The van der Waals surface area contributed by atoms with E-state index in [4.69, 9.17) is 5.41 Å². The summed E-state index contributed by atoms with van der Waals surface area (Å²) >= 11 is 3.99. The van der Waals surface area contributed by atoms with E-state index in [2.05, 4.69) is 5.32 Å². The van der Waals surface area contributed by atoms with E-state index in [0.717, 1.165) is 35.5 Å². The first kappa shape index (κ1) is 36.4. The molecule has 3 aliphatic heterocycles. The molecule has 0 spiro atoms. The molecule has 3 fully saturated rings. The van der Waals surface area contributed by atoms with Crippen LogP contribution in [0.4, 0.5) is 10.1 Å². The number of fused-ring (bicyclic) bond motifs is 2. The van der Waals surface area contributed by atoms with Gasteiger partial charge in [-0.1, -0.05) is 17.8 Å². The van der Waals surface area contributed by atoms with Crippen LogP contribution in [0.2, 0.25) is 0 Å². The second kappa shape index (κ2) is 14.7. The van der Waals surface area contributed by atoms with E-state index in [1.165, 1.54) is 34.2 Å². The normalized spacial score (nSPS) is 20.3. The van der Waals surface area contributed by atoms with Crippen molar-refractivity contribution in [3.63, 3.8) is 0 Å². The van der Waals surface area contributed by atoms with Crippen LogP contribution in [0.25, 0.3) is 10.9 Å². The standard InChI is InChI=1S/C32H31FN6O7S3.Na/c33-21-11-19-22(38(17-3-4-17)13-20(27(19)41)30(43)44)12-23(21)36-5-7-37(8-6-36)32(34)49-15-16-14-48-29-25(28(42)39(29)26(16)31(45)46)35-24(40)10-18-2-1-9-47-18;/h1-2,9,11-13,17,25,29,34H,3-8,10,14-15H2,(H,35,40)(H,43,44)(H,45,46);/q;+1. The third-order valence-electron chi connectivity index (χ3n) is 9.04. The molecule has 5 heterocycles. The summed E-state index contributed by atoms with van der Waals surface area (Å²) in [6, 6.07) is 5.66. The van der Waals surface area contributed by atoms with Crippen molar-refractivity contribution < 1.29 is 63.3 Å². The van der Waals surface area contributed by atoms with E-state index in [-0.39, 0.29) is 75.5 Å². The molecule has 2 atom stereocenters. The number of nitrogens with zero attached hydrogens (tertiary/aromatic N) is 4. The Hall–Kier alpha value is -3.35. The number of carboxylic acids is 2. The van der Waals surface area contributed by atoms with E-state index < -0.39 is 40.5 Å². The quantitative estimate of drug-likeness (QED) is 0.100. The van der Waals surface area contributed by atoms with Gasteiger partial charge >= 0.3 is 41.5 Å². The predicted octanol–water partition coefficient (Wildman–Crippen LogP) is 0.0105. The first-order valence-electron chi connectivity index (χ1n) is 15.6. The van der Waals surface area contributed by atoms with Crippen LogP contribution in [0.5, 0.6) is 0 Å². The van der Waals surface area contributed by atoms with Gasteiger partial charge in [0.1, 0.15) is 28.5 Å². The number of aliphatic carboxylic acids is 1. The molecule has 2 saturated heterocycles. The molecule has 1 aromatic carbocycles. The summed E-state index contributed by atoms with van der Waals surface area (Å²) in [5.41, 5.74) is 0.0992. The number of hydrogen-bond donors (Lipinski definition) is 4. The number of nitrogens with one attached hydrogen (secondary N) is 2. The Morgan fingerprint density at radius 1 is 1.08 bits per heavy atom. The van der Waals surface area contributed by atoms with E-state index in [1.807, 2.05) is 27.3 Å². The zero-order chi connectivity index (χ0) is 34.6. The van der Waals surface area contributed by atoms with Gasteiger partial charge in [0.2, 0.25) is 11.3 Å². The summed E-state index contributed by atoms with van der Waals surface area (Å²) in [5, 5.41) is 32.6. The van der Waals surface area contributed by atoms with Gasteiger partial charge in [-0.3, -0.25) is 24.7 Å². The first-order chi connectivity index (χ1) is 23.5. The number of rotatable bonds is 9. The SMILES string of the molecule is N=C(SCC1=C(C(=O)O)N2C(=O)C(NC(=O)Cc3cccs3)C2SC1)N1CCN(c2cc3c(cc2F)c(=O)c(C(=O)O)cn3C2CC2)CC1.[Na+]. The first-order valence-corrected chi connectivity index (χ1v) is 18.5. The van der Waals surface area contributed by atoms with Gasteiger partial charge in [-0.2, -0.15) is 0 Å². The Bertz CT molecular complexity index is 2000. The van der Waals surface area contributed by atoms with Crippen molar-refractivity contribution in [3.8, 4) is 0 Å². The van der Waals surface area contributed by atoms with Gasteiger partial charge in [0.05, 0.1) is 17.6 Å². The van der Waals surface area contributed by atoms with Gasteiger partial charge in [-0.25, -0.2) is 14.0 Å². The molecule has 0 bridgehead atoms. The molecular formula is C32H31FN6NaO7S3+. The largest absolute Gasteiger partial charge is 1.00 e. The van der Waals surface area contributed by atoms with Crippen molar-refractivity contribution in [1.29, 1.82) is 5.41 Å². The van der Waals surface area contributed by atoms with Crippen molar-refractivity contribution in [2.45, 2.75) is 36.7 Å². The molecule has 7 rings (SSSR count). The van der Waals surface area contributed by atoms with Crippen LogP contribution in [0, 0.1) is 11.2 Å². The van der Waals surface area contributed by atoms with E-state index in [0.29, 0.717) is 48.7 Å². The van der Waals surface area contributed by atoms with E-state index in [9.17, 15) is 34.2 Å². The Morgan fingerprint density at radius 2 is 1.82 bits per heavy atom. The number of carbonyl (C=O) groups is 4. The van der Waals surface area contributed by atoms with Crippen LogP contribution in [0.3, 0.4) is 0 Å². The summed E-state index contributed by atoms with van der Waals surface area (Å²) in [6.45, 7) is 1.56. The van der Waals surface area contributed by atoms with Crippen LogP contribution in [-0.4, -0.2) is 103 Å². The number of thiophene rings is 1. The zero-order valence-electron chi connectivity index (χ0n) is 26.9. The monoisotopic (exact) mass is 749 g/mol. The molecule has 1 saturated carbocycles. The fraction of sp³-hybridized carbons (Fsp3) is 0.375. The van der Waals surface area contributed by atoms with Gasteiger partial charge in [-0.15, -0.1) is 23.1 Å². The molecular weight excluding hydrogens is 719 g/mol. The van der Waals surface area contributed by atoms with Crippen LogP contribution >= 0.6 is 34.9 Å². The summed E-state index contributed by atoms with van der Waals surface area (Å²) in [6.07, 6.45) is 3.18. The second-order valence-electron chi connectivity index (χ2n) is 12.2. The number of halogens is 1. The van der Waals surface area contributed by atoms with Gasteiger partial charge in [0, 0.05) is 60.2 Å². The third-order valence-corrected chi connectivity index (χ3v) is 12.3.